The van der Waals surface area contributed by atoms with Gasteiger partial charge in [0.05, 0.1) is 10.8 Å². The third kappa shape index (κ3) is 4.36. The van der Waals surface area contributed by atoms with E-state index in [-0.39, 0.29) is 24.3 Å². The molecule has 5 nitrogen and oxygen atoms in total. The Labute approximate surface area is 170 Å². The molecule has 1 saturated heterocycles. The summed E-state index contributed by atoms with van der Waals surface area (Å²) in [4.78, 5) is 12.7. The third-order valence-electron chi connectivity index (χ3n) is 5.77. The van der Waals surface area contributed by atoms with Gasteiger partial charge in [-0.2, -0.15) is 4.31 Å². The summed E-state index contributed by atoms with van der Waals surface area (Å²) in [6.07, 6.45) is 3.86. The van der Waals surface area contributed by atoms with E-state index in [9.17, 15) is 17.6 Å². The number of esters is 1. The average Bonchev–Trinajstić information content (AvgIpc) is 3.20. The summed E-state index contributed by atoms with van der Waals surface area (Å²) in [7, 11) is -3.55. The molecule has 1 heterocycles. The number of benzene rings is 2. The first-order chi connectivity index (χ1) is 13.9. The normalized spacial score (nSPS) is 17.8. The van der Waals surface area contributed by atoms with E-state index < -0.39 is 10.0 Å². The van der Waals surface area contributed by atoms with Crippen LogP contribution in [0.5, 0.6) is 0 Å². The number of hydrogen-bond donors (Lipinski definition) is 0. The minimum absolute atomic E-state index is 0.0181. The van der Waals surface area contributed by atoms with Gasteiger partial charge in [-0.05, 0) is 73.1 Å². The van der Waals surface area contributed by atoms with Crippen molar-refractivity contribution in [2.24, 2.45) is 5.92 Å². The first kappa shape index (κ1) is 20.0. The first-order valence-electron chi connectivity index (χ1n) is 9.96. The number of halogens is 1. The highest BCUT2D eigenvalue weighted by molar-refractivity contribution is 7.89. The zero-order chi connectivity index (χ0) is 20.4. The Bertz CT molecular complexity index is 1010. The topological polar surface area (TPSA) is 63.7 Å². The highest BCUT2D eigenvalue weighted by Crippen LogP contribution is 2.29. The molecule has 0 amide bonds. The van der Waals surface area contributed by atoms with Gasteiger partial charge < -0.3 is 4.74 Å². The summed E-state index contributed by atoms with van der Waals surface area (Å²) < 4.78 is 45.9. The summed E-state index contributed by atoms with van der Waals surface area (Å²) in [6.45, 7) is 0.600. The van der Waals surface area contributed by atoms with Gasteiger partial charge in [0.1, 0.15) is 12.4 Å². The van der Waals surface area contributed by atoms with E-state index in [1.807, 2.05) is 6.07 Å². The monoisotopic (exact) mass is 417 g/mol. The Hall–Kier alpha value is -2.25. The number of rotatable bonds is 5. The third-order valence-corrected chi connectivity index (χ3v) is 7.66. The van der Waals surface area contributed by atoms with Crippen molar-refractivity contribution in [2.75, 3.05) is 13.1 Å². The van der Waals surface area contributed by atoms with Gasteiger partial charge in [-0.3, -0.25) is 4.79 Å². The van der Waals surface area contributed by atoms with Crippen LogP contribution in [0.4, 0.5) is 4.39 Å². The van der Waals surface area contributed by atoms with E-state index in [4.69, 9.17) is 4.74 Å². The molecule has 0 spiro atoms. The molecule has 2 aromatic rings. The van der Waals surface area contributed by atoms with E-state index >= 15 is 0 Å². The maximum Gasteiger partial charge on any atom is 0.309 e. The molecule has 0 N–H and O–H groups in total. The second-order valence-corrected chi connectivity index (χ2v) is 9.64. The lowest BCUT2D eigenvalue weighted by Gasteiger charge is -2.30. The average molecular weight is 418 g/mol. The molecule has 1 aliphatic carbocycles. The van der Waals surface area contributed by atoms with Crippen LogP contribution in [0.1, 0.15) is 36.0 Å². The molecule has 2 aliphatic rings. The first-order valence-corrected chi connectivity index (χ1v) is 11.4. The molecule has 0 saturated carbocycles. The quantitative estimate of drug-likeness (QED) is 0.699. The predicted molar refractivity (Wildman–Crippen MR) is 106 cm³/mol. The van der Waals surface area contributed by atoms with Gasteiger partial charge in [0.15, 0.2) is 0 Å². The molecule has 0 radical (unpaired) electrons. The number of piperidine rings is 1. The SMILES string of the molecule is O=C(OCc1cccc(F)c1)C1CCN(S(=O)(=O)c2ccc3c(c2)CCC3)CC1. The van der Waals surface area contributed by atoms with Gasteiger partial charge in [-0.25, -0.2) is 12.8 Å². The van der Waals surface area contributed by atoms with Gasteiger partial charge in [0, 0.05) is 13.1 Å². The van der Waals surface area contributed by atoms with Crippen LogP contribution in [-0.2, 0) is 39.0 Å². The van der Waals surface area contributed by atoms with Crippen LogP contribution in [0.3, 0.4) is 0 Å². The van der Waals surface area contributed by atoms with Crippen LogP contribution in [0, 0.1) is 11.7 Å². The lowest BCUT2D eigenvalue weighted by molar-refractivity contribution is -0.151. The Morgan fingerprint density at radius 2 is 1.83 bits per heavy atom. The lowest BCUT2D eigenvalue weighted by Crippen LogP contribution is -2.40. The fourth-order valence-electron chi connectivity index (χ4n) is 4.09. The number of sulfonamides is 1. The number of ether oxygens (including phenoxy) is 1. The van der Waals surface area contributed by atoms with Crippen LogP contribution in [-0.4, -0.2) is 31.8 Å². The Morgan fingerprint density at radius 1 is 1.07 bits per heavy atom. The van der Waals surface area contributed by atoms with Crippen molar-refractivity contribution in [2.45, 2.75) is 43.6 Å². The molecule has 2 aromatic carbocycles. The Morgan fingerprint density at radius 3 is 2.59 bits per heavy atom. The molecule has 7 heteroatoms. The van der Waals surface area contributed by atoms with Gasteiger partial charge in [0.2, 0.25) is 10.0 Å². The molecule has 154 valence electrons. The standard InChI is InChI=1S/C22H24FNO4S/c23-20-6-1-3-16(13-20)15-28-22(25)18-9-11-24(12-10-18)29(26,27)21-8-7-17-4-2-5-19(17)14-21/h1,3,6-8,13-14,18H,2,4-5,9-12,15H2. The van der Waals surface area contributed by atoms with E-state index in [1.54, 1.807) is 24.3 Å². The van der Waals surface area contributed by atoms with Gasteiger partial charge in [0.25, 0.3) is 0 Å². The molecule has 0 bridgehead atoms. The molecule has 0 aromatic heterocycles. The van der Waals surface area contributed by atoms with E-state index in [0.29, 0.717) is 36.4 Å². The summed E-state index contributed by atoms with van der Waals surface area (Å²) in [5.41, 5.74) is 2.96. The fraction of sp³-hybridized carbons (Fsp3) is 0.409. The van der Waals surface area contributed by atoms with Crippen LogP contribution in [0.15, 0.2) is 47.4 Å². The van der Waals surface area contributed by atoms with Gasteiger partial charge >= 0.3 is 5.97 Å². The highest BCUT2D eigenvalue weighted by atomic mass is 32.2. The largest absolute Gasteiger partial charge is 0.461 e. The second kappa shape index (κ2) is 8.24. The van der Waals surface area contributed by atoms with Crippen molar-refractivity contribution in [1.82, 2.24) is 4.31 Å². The zero-order valence-corrected chi connectivity index (χ0v) is 17.0. The van der Waals surface area contributed by atoms with Crippen molar-refractivity contribution < 1.29 is 22.3 Å². The van der Waals surface area contributed by atoms with Crippen molar-refractivity contribution in [3.05, 3.63) is 65.0 Å². The van der Waals surface area contributed by atoms with Crippen LogP contribution >= 0.6 is 0 Å². The minimum Gasteiger partial charge on any atom is -0.461 e. The number of aryl methyl sites for hydroxylation is 2. The van der Waals surface area contributed by atoms with Crippen LogP contribution < -0.4 is 0 Å². The van der Waals surface area contributed by atoms with Crippen molar-refractivity contribution >= 4 is 16.0 Å². The smallest absolute Gasteiger partial charge is 0.309 e. The number of nitrogens with zero attached hydrogens (tertiary/aromatic N) is 1. The predicted octanol–water partition coefficient (Wildman–Crippen LogP) is 3.46. The molecule has 29 heavy (non-hydrogen) atoms. The summed E-state index contributed by atoms with van der Waals surface area (Å²) in [6, 6.07) is 11.4. The van der Waals surface area contributed by atoms with Crippen molar-refractivity contribution in [1.29, 1.82) is 0 Å². The maximum atomic E-state index is 13.2. The lowest BCUT2D eigenvalue weighted by atomic mass is 9.98. The summed E-state index contributed by atoms with van der Waals surface area (Å²) in [5.74, 6) is -1.07. The Balaban J connectivity index is 1.34. The summed E-state index contributed by atoms with van der Waals surface area (Å²) in [5, 5.41) is 0. The molecule has 1 fully saturated rings. The molecule has 1 aliphatic heterocycles. The fourth-order valence-corrected chi connectivity index (χ4v) is 5.61. The maximum absolute atomic E-state index is 13.2. The molecular weight excluding hydrogens is 393 g/mol. The molecular formula is C22H24FNO4S. The van der Waals surface area contributed by atoms with E-state index in [0.717, 1.165) is 24.8 Å². The number of fused-ring (bicyclic) bond motifs is 1. The van der Waals surface area contributed by atoms with Gasteiger partial charge in [-0.1, -0.05) is 18.2 Å². The van der Waals surface area contributed by atoms with Crippen molar-refractivity contribution in [3.8, 4) is 0 Å². The van der Waals surface area contributed by atoms with Crippen LogP contribution in [0.2, 0.25) is 0 Å². The number of carbonyl (C=O) groups excluding carboxylic acids is 1. The number of hydrogen-bond acceptors (Lipinski definition) is 4. The molecule has 4 rings (SSSR count). The van der Waals surface area contributed by atoms with Crippen molar-refractivity contribution in [3.63, 3.8) is 0 Å². The van der Waals surface area contributed by atoms with Crippen LogP contribution in [0.25, 0.3) is 0 Å². The van der Waals surface area contributed by atoms with Gasteiger partial charge in [-0.15, -0.1) is 0 Å². The molecule has 0 unspecified atom stereocenters. The van der Waals surface area contributed by atoms with E-state index in [2.05, 4.69) is 0 Å². The number of carbonyl (C=O) groups is 1. The molecule has 0 atom stereocenters. The van der Waals surface area contributed by atoms with E-state index in [1.165, 1.54) is 22.0 Å². The highest BCUT2D eigenvalue weighted by Gasteiger charge is 2.33. The zero-order valence-electron chi connectivity index (χ0n) is 16.1. The minimum atomic E-state index is -3.55. The Kier molecular flexibility index (Phi) is 5.69. The second-order valence-electron chi connectivity index (χ2n) is 7.70. The summed E-state index contributed by atoms with van der Waals surface area (Å²) >= 11 is 0.